The van der Waals surface area contributed by atoms with Gasteiger partial charge in [0.2, 0.25) is 0 Å². The minimum absolute atomic E-state index is 0.557. The second-order valence-corrected chi connectivity index (χ2v) is 12.1. The van der Waals surface area contributed by atoms with Crippen molar-refractivity contribution in [3.63, 3.8) is 0 Å². The van der Waals surface area contributed by atoms with E-state index in [4.69, 9.17) is 5.41 Å². The van der Waals surface area contributed by atoms with E-state index in [0.29, 0.717) is 17.9 Å². The van der Waals surface area contributed by atoms with Crippen LogP contribution in [-0.2, 0) is 0 Å². The van der Waals surface area contributed by atoms with Gasteiger partial charge in [0.1, 0.15) is 0 Å². The largest absolute Gasteiger partial charge is 0.383 e. The van der Waals surface area contributed by atoms with Crippen LogP contribution >= 0.6 is 0 Å². The van der Waals surface area contributed by atoms with Crippen LogP contribution in [0, 0.1) is 23.2 Å². The lowest BCUT2D eigenvalue weighted by Gasteiger charge is -2.35. The van der Waals surface area contributed by atoms with Crippen LogP contribution in [0.4, 0.5) is 0 Å². The zero-order valence-electron chi connectivity index (χ0n) is 25.7. The summed E-state index contributed by atoms with van der Waals surface area (Å²) in [4.78, 5) is 0. The molecule has 1 aliphatic carbocycles. The monoisotopic (exact) mass is 520 g/mol. The van der Waals surface area contributed by atoms with Crippen LogP contribution in [0.25, 0.3) is 0 Å². The Kier molecular flexibility index (Phi) is 15.7. The molecule has 1 fully saturated rings. The molecule has 38 heavy (non-hydrogen) atoms. The van der Waals surface area contributed by atoms with E-state index in [2.05, 4.69) is 70.8 Å². The van der Waals surface area contributed by atoms with Gasteiger partial charge in [0, 0.05) is 11.7 Å². The number of rotatable bonds is 17. The Balaban J connectivity index is 2.02. The topological polar surface area (TPSA) is 35.9 Å². The van der Waals surface area contributed by atoms with Crippen molar-refractivity contribution in [2.24, 2.45) is 17.8 Å². The van der Waals surface area contributed by atoms with E-state index >= 15 is 0 Å². The van der Waals surface area contributed by atoms with E-state index in [9.17, 15) is 0 Å². The Morgan fingerprint density at radius 1 is 1.16 bits per heavy atom. The lowest BCUT2D eigenvalue weighted by atomic mass is 9.71. The fourth-order valence-electron chi connectivity index (χ4n) is 6.50. The zero-order valence-corrected chi connectivity index (χ0v) is 25.7. The molecule has 1 heterocycles. The molecule has 4 atom stereocenters. The summed E-state index contributed by atoms with van der Waals surface area (Å²) in [7, 11) is 0. The molecule has 0 aromatic rings. The van der Waals surface area contributed by atoms with Crippen molar-refractivity contribution in [3.8, 4) is 0 Å². The summed E-state index contributed by atoms with van der Waals surface area (Å²) in [5, 5.41) is 11.3. The summed E-state index contributed by atoms with van der Waals surface area (Å²) in [6.07, 6.45) is 30.6. The molecule has 0 saturated heterocycles. The normalized spacial score (nSPS) is 24.1. The second kappa shape index (κ2) is 18.5. The molecule has 2 aliphatic rings. The first-order chi connectivity index (χ1) is 18.4. The van der Waals surface area contributed by atoms with E-state index in [0.717, 1.165) is 44.4 Å². The van der Waals surface area contributed by atoms with E-state index in [-0.39, 0.29) is 0 Å². The molecular formula is C36H60N2. The van der Waals surface area contributed by atoms with E-state index in [1.165, 1.54) is 81.1 Å². The third-order valence-corrected chi connectivity index (χ3v) is 9.23. The molecule has 0 amide bonds. The molecule has 0 aromatic carbocycles. The van der Waals surface area contributed by atoms with Gasteiger partial charge in [-0.25, -0.2) is 0 Å². The van der Waals surface area contributed by atoms with E-state index in [1.54, 1.807) is 17.4 Å². The SMILES string of the molecule is C=C1CCC(/C(CCCC=N)=C(/C)C2=CCCC(C)N2)CC1C/C(=C\C)C/C=C/CCC(CC)CCCC. The Morgan fingerprint density at radius 2 is 1.97 bits per heavy atom. The average Bonchev–Trinajstić information content (AvgIpc) is 2.92. The van der Waals surface area contributed by atoms with E-state index in [1.807, 2.05) is 0 Å². The number of hydrogen-bond donors (Lipinski definition) is 2. The maximum absolute atomic E-state index is 7.53. The summed E-state index contributed by atoms with van der Waals surface area (Å²) in [5.74, 6) is 2.12. The fourth-order valence-corrected chi connectivity index (χ4v) is 6.50. The molecule has 1 aliphatic heterocycles. The zero-order chi connectivity index (χ0) is 27.8. The quantitative estimate of drug-likeness (QED) is 0.112. The van der Waals surface area contributed by atoms with Gasteiger partial charge in [0.05, 0.1) is 0 Å². The van der Waals surface area contributed by atoms with Crippen molar-refractivity contribution >= 4 is 6.21 Å². The molecular weight excluding hydrogens is 460 g/mol. The number of nitrogens with one attached hydrogen (secondary N) is 2. The van der Waals surface area contributed by atoms with Crippen LogP contribution in [0.1, 0.15) is 137 Å². The Bertz CT molecular complexity index is 839. The van der Waals surface area contributed by atoms with Crippen LogP contribution in [0.5, 0.6) is 0 Å². The van der Waals surface area contributed by atoms with Crippen molar-refractivity contribution in [1.82, 2.24) is 5.32 Å². The van der Waals surface area contributed by atoms with E-state index < -0.39 is 0 Å². The van der Waals surface area contributed by atoms with Gasteiger partial charge >= 0.3 is 0 Å². The van der Waals surface area contributed by atoms with Gasteiger partial charge in [-0.2, -0.15) is 0 Å². The number of allylic oxidation sites excluding steroid dienone is 8. The predicted molar refractivity (Wildman–Crippen MR) is 170 cm³/mol. The lowest BCUT2D eigenvalue weighted by Crippen LogP contribution is -2.30. The Labute approximate surface area is 236 Å². The molecule has 0 bridgehead atoms. The van der Waals surface area contributed by atoms with Crippen LogP contribution in [0.2, 0.25) is 0 Å². The van der Waals surface area contributed by atoms with Gasteiger partial charge < -0.3 is 10.7 Å². The highest BCUT2D eigenvalue weighted by Gasteiger charge is 2.29. The minimum Gasteiger partial charge on any atom is -0.383 e. The molecule has 214 valence electrons. The summed E-state index contributed by atoms with van der Waals surface area (Å²) < 4.78 is 0. The first-order valence-electron chi connectivity index (χ1n) is 16.1. The standard InChI is InChI=1S/C36H60N2/c1-7-10-18-31(8-2)19-12-11-13-20-32(9-3)26-34-27-33(24-23-28(34)4)35(21-14-15-25-37)30(6)36-22-16-17-29(5)38-36/h9,11,13,22,25,29,31,33-34,37-38H,4,7-8,10,12,14-21,23-24,26-27H2,1-3,5-6H3/b13-11+,32-9-,35-30-,37-25?. The van der Waals surface area contributed by atoms with Crippen LogP contribution in [-0.4, -0.2) is 12.3 Å². The summed E-state index contributed by atoms with van der Waals surface area (Å²) in [6, 6.07) is 0.557. The van der Waals surface area contributed by atoms with Gasteiger partial charge in [-0.3, -0.25) is 0 Å². The first-order valence-corrected chi connectivity index (χ1v) is 16.1. The Hall–Kier alpha value is -1.83. The number of unbranched alkanes of at least 4 members (excludes halogenated alkanes) is 2. The molecule has 0 spiro atoms. The molecule has 0 aromatic heterocycles. The molecule has 1 saturated carbocycles. The molecule has 2 rings (SSSR count). The Morgan fingerprint density at radius 3 is 2.66 bits per heavy atom. The van der Waals surface area contributed by atoms with Crippen molar-refractivity contribution in [2.75, 3.05) is 0 Å². The van der Waals surface area contributed by atoms with Gasteiger partial charge in [0.25, 0.3) is 0 Å². The summed E-state index contributed by atoms with van der Waals surface area (Å²) in [6.45, 7) is 16.1. The van der Waals surface area contributed by atoms with Crippen LogP contribution in [0.3, 0.4) is 0 Å². The lowest BCUT2D eigenvalue weighted by molar-refractivity contribution is 0.357. The smallest absolute Gasteiger partial charge is 0.0331 e. The highest BCUT2D eigenvalue weighted by Crippen LogP contribution is 2.42. The van der Waals surface area contributed by atoms with Gasteiger partial charge in [0.15, 0.2) is 0 Å². The van der Waals surface area contributed by atoms with Crippen LogP contribution in [0.15, 0.2) is 58.9 Å². The first kappa shape index (κ1) is 32.4. The van der Waals surface area contributed by atoms with Crippen molar-refractivity contribution < 1.29 is 0 Å². The number of hydrogen-bond acceptors (Lipinski definition) is 2. The van der Waals surface area contributed by atoms with Crippen molar-refractivity contribution in [1.29, 1.82) is 5.41 Å². The van der Waals surface area contributed by atoms with Gasteiger partial charge in [-0.05, 0) is 127 Å². The summed E-state index contributed by atoms with van der Waals surface area (Å²) in [5.41, 5.74) is 7.53. The molecule has 0 radical (unpaired) electrons. The average molecular weight is 521 g/mol. The molecule has 2 nitrogen and oxygen atoms in total. The van der Waals surface area contributed by atoms with Gasteiger partial charge in [-0.1, -0.05) is 87.1 Å². The predicted octanol–water partition coefficient (Wildman–Crippen LogP) is 11.0. The third-order valence-electron chi connectivity index (χ3n) is 9.23. The maximum Gasteiger partial charge on any atom is 0.0331 e. The van der Waals surface area contributed by atoms with Crippen molar-refractivity contribution in [2.45, 2.75) is 143 Å². The minimum atomic E-state index is 0.557. The van der Waals surface area contributed by atoms with Crippen molar-refractivity contribution in [3.05, 3.63) is 58.9 Å². The maximum atomic E-state index is 7.53. The highest BCUT2D eigenvalue weighted by atomic mass is 14.9. The third kappa shape index (κ3) is 11.1. The van der Waals surface area contributed by atoms with Gasteiger partial charge in [-0.15, -0.1) is 0 Å². The molecule has 2 heteroatoms. The molecule has 2 N–H and O–H groups in total. The van der Waals surface area contributed by atoms with Crippen LogP contribution < -0.4 is 5.32 Å². The second-order valence-electron chi connectivity index (χ2n) is 12.1. The highest BCUT2D eigenvalue weighted by molar-refractivity contribution is 5.52. The fraction of sp³-hybridized carbons (Fsp3) is 0.694. The molecule has 4 unspecified atom stereocenters. The summed E-state index contributed by atoms with van der Waals surface area (Å²) >= 11 is 0.